The zero-order valence-electron chi connectivity index (χ0n) is 14.8. The van der Waals surface area contributed by atoms with Crippen molar-refractivity contribution in [2.75, 3.05) is 30.5 Å². The van der Waals surface area contributed by atoms with Gasteiger partial charge < -0.3 is 14.6 Å². The first-order valence-electron chi connectivity index (χ1n) is 8.90. The first-order valence-corrected chi connectivity index (χ1v) is 10.6. The monoisotopic (exact) mass is 369 g/mol. The molecule has 0 radical (unpaired) electrons. The lowest BCUT2D eigenvalue weighted by molar-refractivity contribution is 0.107. The van der Waals surface area contributed by atoms with Gasteiger partial charge in [-0.3, -0.25) is 0 Å². The maximum Gasteiger partial charge on any atom is 0.118 e. The van der Waals surface area contributed by atoms with Crippen molar-refractivity contribution in [2.45, 2.75) is 18.2 Å². The van der Waals surface area contributed by atoms with Gasteiger partial charge in [-0.2, -0.15) is 0 Å². The van der Waals surface area contributed by atoms with E-state index in [1.807, 2.05) is 36.4 Å². The van der Waals surface area contributed by atoms with Gasteiger partial charge in [0, 0.05) is 45.0 Å². The number of hydrogen-bond acceptors (Lipinski definition) is 4. The highest BCUT2D eigenvalue weighted by Gasteiger charge is 2.19. The number of benzene rings is 2. The highest BCUT2D eigenvalue weighted by molar-refractivity contribution is 7.92. The standard InChI is InChI=1S/C20H23N3O2S/c1-2-26(21,24)16-8-9-20(23-10-5-11-25-14-23)17(13-16)19-12-15-6-3-4-7-18(15)22-19/h3-4,6-9,12-13,21-22H,2,5,10-11,14H2,1H3/t26-/m0/s1. The largest absolute Gasteiger partial charge is 0.361 e. The van der Waals surface area contributed by atoms with Gasteiger partial charge in [-0.1, -0.05) is 25.1 Å². The lowest BCUT2D eigenvalue weighted by Crippen LogP contribution is -2.33. The zero-order valence-corrected chi connectivity index (χ0v) is 15.6. The molecular formula is C20H23N3O2S. The van der Waals surface area contributed by atoms with Crippen molar-refractivity contribution < 1.29 is 8.95 Å². The molecule has 1 fully saturated rings. The van der Waals surface area contributed by atoms with Crippen LogP contribution in [0.25, 0.3) is 22.2 Å². The quantitative estimate of drug-likeness (QED) is 0.714. The molecule has 26 heavy (non-hydrogen) atoms. The highest BCUT2D eigenvalue weighted by Crippen LogP contribution is 2.35. The van der Waals surface area contributed by atoms with Gasteiger partial charge >= 0.3 is 0 Å². The first-order chi connectivity index (χ1) is 12.6. The van der Waals surface area contributed by atoms with Crippen LogP contribution in [0.2, 0.25) is 0 Å². The van der Waals surface area contributed by atoms with Crippen LogP contribution in [-0.2, 0) is 14.5 Å². The van der Waals surface area contributed by atoms with Gasteiger partial charge in [0.1, 0.15) is 6.73 Å². The Morgan fingerprint density at radius 3 is 2.81 bits per heavy atom. The predicted octanol–water partition coefficient (Wildman–Crippen LogP) is 4.44. The molecule has 0 saturated carbocycles. The third kappa shape index (κ3) is 3.10. The van der Waals surface area contributed by atoms with Crippen LogP contribution < -0.4 is 4.90 Å². The van der Waals surface area contributed by atoms with Gasteiger partial charge in [0.15, 0.2) is 0 Å². The van der Waals surface area contributed by atoms with Crippen molar-refractivity contribution >= 4 is 26.3 Å². The van der Waals surface area contributed by atoms with Crippen molar-refractivity contribution in [3.8, 4) is 11.3 Å². The topological polar surface area (TPSA) is 69.2 Å². The molecule has 1 aromatic heterocycles. The van der Waals surface area contributed by atoms with Gasteiger partial charge in [0.25, 0.3) is 0 Å². The summed E-state index contributed by atoms with van der Waals surface area (Å²) in [4.78, 5) is 6.25. The van der Waals surface area contributed by atoms with Crippen molar-refractivity contribution in [2.24, 2.45) is 0 Å². The number of rotatable bonds is 4. The number of H-pyrrole nitrogens is 1. The molecule has 5 nitrogen and oxygen atoms in total. The Bertz CT molecular complexity index is 1000. The first kappa shape index (κ1) is 17.1. The van der Waals surface area contributed by atoms with Gasteiger partial charge in [-0.05, 0) is 36.8 Å². The Morgan fingerprint density at radius 2 is 2.08 bits per heavy atom. The maximum atomic E-state index is 12.6. The van der Waals surface area contributed by atoms with E-state index < -0.39 is 9.73 Å². The summed E-state index contributed by atoms with van der Waals surface area (Å²) in [6.45, 7) is 4.06. The summed E-state index contributed by atoms with van der Waals surface area (Å²) >= 11 is 0. The Hall–Kier alpha value is -2.31. The number of hydrogen-bond donors (Lipinski definition) is 2. The van der Waals surface area contributed by atoms with Crippen LogP contribution in [0.15, 0.2) is 53.4 Å². The van der Waals surface area contributed by atoms with Gasteiger partial charge in [0.05, 0.1) is 16.3 Å². The number of nitrogens with one attached hydrogen (secondary N) is 2. The molecule has 1 atom stereocenters. The van der Waals surface area contributed by atoms with Crippen LogP contribution in [0.1, 0.15) is 13.3 Å². The molecule has 3 aromatic rings. The van der Waals surface area contributed by atoms with Crippen LogP contribution in [-0.4, -0.2) is 34.8 Å². The molecule has 0 aliphatic carbocycles. The molecule has 1 saturated heterocycles. The van der Waals surface area contributed by atoms with Crippen molar-refractivity contribution in [3.05, 3.63) is 48.5 Å². The van der Waals surface area contributed by atoms with E-state index in [1.165, 1.54) is 0 Å². The minimum atomic E-state index is -2.77. The summed E-state index contributed by atoms with van der Waals surface area (Å²) in [5.74, 6) is 0.311. The summed E-state index contributed by atoms with van der Waals surface area (Å²) in [7, 11) is -2.77. The molecule has 4 rings (SSSR count). The predicted molar refractivity (Wildman–Crippen MR) is 106 cm³/mol. The van der Waals surface area contributed by atoms with Gasteiger partial charge in [-0.15, -0.1) is 0 Å². The third-order valence-corrected chi connectivity index (χ3v) is 6.71. The Labute approximate surface area is 154 Å². The number of aromatic nitrogens is 1. The van der Waals surface area contributed by atoms with E-state index in [4.69, 9.17) is 9.52 Å². The van der Waals surface area contributed by atoms with E-state index in [2.05, 4.69) is 22.0 Å². The minimum Gasteiger partial charge on any atom is -0.361 e. The summed E-state index contributed by atoms with van der Waals surface area (Å²) < 4.78 is 26.4. The van der Waals surface area contributed by atoms with Gasteiger partial charge in [-0.25, -0.2) is 8.99 Å². The summed E-state index contributed by atoms with van der Waals surface area (Å²) in [5, 5.41) is 1.14. The molecule has 2 aromatic carbocycles. The van der Waals surface area contributed by atoms with E-state index in [-0.39, 0.29) is 0 Å². The number of anilines is 1. The second-order valence-corrected chi connectivity index (χ2v) is 8.97. The molecule has 1 aliphatic heterocycles. The maximum absolute atomic E-state index is 12.6. The Morgan fingerprint density at radius 1 is 1.23 bits per heavy atom. The molecule has 0 amide bonds. The average Bonchev–Trinajstić information content (AvgIpc) is 3.12. The molecule has 2 N–H and O–H groups in total. The van der Waals surface area contributed by atoms with E-state index >= 15 is 0 Å². The minimum absolute atomic E-state index is 0.311. The summed E-state index contributed by atoms with van der Waals surface area (Å²) in [6.07, 6.45) is 0.984. The molecule has 0 unspecified atom stereocenters. The van der Waals surface area contributed by atoms with Crippen LogP contribution in [0.4, 0.5) is 5.69 Å². The highest BCUT2D eigenvalue weighted by atomic mass is 32.2. The van der Waals surface area contributed by atoms with E-state index in [1.54, 1.807) is 6.92 Å². The molecule has 136 valence electrons. The molecule has 0 bridgehead atoms. The van der Waals surface area contributed by atoms with E-state index in [0.29, 0.717) is 17.4 Å². The van der Waals surface area contributed by atoms with Crippen molar-refractivity contribution in [3.63, 3.8) is 0 Å². The number of para-hydroxylation sites is 1. The number of ether oxygens (including phenoxy) is 1. The Balaban J connectivity index is 1.89. The molecule has 6 heteroatoms. The fourth-order valence-corrected chi connectivity index (χ4v) is 4.31. The smallest absolute Gasteiger partial charge is 0.118 e. The number of aromatic amines is 1. The van der Waals surface area contributed by atoms with Crippen LogP contribution >= 0.6 is 0 Å². The number of fused-ring (bicyclic) bond motifs is 1. The molecular weight excluding hydrogens is 346 g/mol. The number of nitrogens with zero attached hydrogens (tertiary/aromatic N) is 1. The zero-order chi connectivity index (χ0) is 18.1. The third-order valence-electron chi connectivity index (χ3n) is 4.88. The van der Waals surface area contributed by atoms with E-state index in [0.717, 1.165) is 47.4 Å². The fourth-order valence-electron chi connectivity index (χ4n) is 3.38. The van der Waals surface area contributed by atoms with E-state index in [9.17, 15) is 4.21 Å². The lowest BCUT2D eigenvalue weighted by atomic mass is 10.1. The van der Waals surface area contributed by atoms with Crippen LogP contribution in [0.5, 0.6) is 0 Å². The summed E-state index contributed by atoms with van der Waals surface area (Å²) in [5.41, 5.74) is 4.06. The molecule has 0 spiro atoms. The lowest BCUT2D eigenvalue weighted by Gasteiger charge is -2.30. The second-order valence-electron chi connectivity index (χ2n) is 6.57. The van der Waals surface area contributed by atoms with Gasteiger partial charge in [0.2, 0.25) is 0 Å². The van der Waals surface area contributed by atoms with Crippen molar-refractivity contribution in [1.82, 2.24) is 4.98 Å². The molecule has 1 aliphatic rings. The summed E-state index contributed by atoms with van der Waals surface area (Å²) in [6, 6.07) is 16.0. The Kier molecular flexibility index (Phi) is 4.46. The van der Waals surface area contributed by atoms with Crippen LogP contribution in [0, 0.1) is 4.78 Å². The molecule has 2 heterocycles. The average molecular weight is 369 g/mol. The second kappa shape index (κ2) is 6.78. The SMILES string of the molecule is CC[S@](=N)(=O)c1ccc(N2CCCOC2)c(-c2cc3ccccc3[nH]2)c1. The van der Waals surface area contributed by atoms with Crippen molar-refractivity contribution in [1.29, 1.82) is 4.78 Å². The van der Waals surface area contributed by atoms with Crippen LogP contribution in [0.3, 0.4) is 0 Å². The normalized spacial score (nSPS) is 17.3. The fraction of sp³-hybridized carbons (Fsp3) is 0.300.